The number of benzene rings is 2. The number of hydrogen-bond donors (Lipinski definition) is 1. The fraction of sp³-hybridized carbons (Fsp3) is 0.500. The Labute approximate surface area is 223 Å². The maximum atomic E-state index is 13.4. The van der Waals surface area contributed by atoms with Crippen LogP contribution in [0.25, 0.3) is 0 Å². The molecule has 2 amide bonds. The Hall–Kier alpha value is -1.89. The van der Waals surface area contributed by atoms with Gasteiger partial charge in [0.25, 0.3) is 0 Å². The molecular weight excluding hydrogens is 526 g/mol. The highest BCUT2D eigenvalue weighted by Crippen LogP contribution is 2.42. The van der Waals surface area contributed by atoms with Crippen molar-refractivity contribution >= 4 is 40.2 Å². The normalized spacial score (nSPS) is 20.5. The molecule has 0 aromatic heterocycles. The Bertz CT molecular complexity index is 1000. The van der Waals surface area contributed by atoms with Crippen LogP contribution >= 0.6 is 28.3 Å². The minimum absolute atomic E-state index is 0. The Morgan fingerprint density at radius 3 is 2.31 bits per heavy atom. The first kappa shape index (κ1) is 26.2. The van der Waals surface area contributed by atoms with Crippen molar-refractivity contribution in [2.75, 3.05) is 26.2 Å². The van der Waals surface area contributed by atoms with E-state index in [-0.39, 0.29) is 35.7 Å². The summed E-state index contributed by atoms with van der Waals surface area (Å²) in [5.74, 6) is 0.762. The quantitative estimate of drug-likeness (QED) is 0.474. The maximum absolute atomic E-state index is 13.4. The zero-order valence-electron chi connectivity index (χ0n) is 20.1. The van der Waals surface area contributed by atoms with Crippen molar-refractivity contribution in [3.63, 3.8) is 0 Å². The topological polar surface area (TPSA) is 52.7 Å². The third-order valence-electron chi connectivity index (χ3n) is 7.90. The molecule has 1 N–H and O–H groups in total. The number of nitrogens with one attached hydrogen (secondary N) is 1. The summed E-state index contributed by atoms with van der Waals surface area (Å²) >= 11 is 3.48. The molecule has 2 aromatic rings. The van der Waals surface area contributed by atoms with Gasteiger partial charge in [-0.2, -0.15) is 0 Å². The number of nitrogens with zero attached hydrogens (tertiary/aromatic N) is 2. The van der Waals surface area contributed by atoms with E-state index in [1.165, 1.54) is 11.1 Å². The molecule has 7 heteroatoms. The highest BCUT2D eigenvalue weighted by Gasteiger charge is 2.47. The number of likely N-dealkylation sites (tertiary alicyclic amines) is 2. The highest BCUT2D eigenvalue weighted by molar-refractivity contribution is 9.10. The Balaban J connectivity index is 0.00000289. The molecule has 1 spiro atoms. The first-order valence-corrected chi connectivity index (χ1v) is 13.4. The molecule has 35 heavy (non-hydrogen) atoms. The molecule has 0 bridgehead atoms. The number of carbonyl (C=O) groups excluding carboxylic acids is 2. The molecular formula is C28H35BrClN3O2. The number of carbonyl (C=O) groups is 2. The summed E-state index contributed by atoms with van der Waals surface area (Å²) in [4.78, 5) is 30.3. The van der Waals surface area contributed by atoms with Crippen LogP contribution in [0.1, 0.15) is 55.7 Å². The van der Waals surface area contributed by atoms with Gasteiger partial charge in [-0.15, -0.1) is 12.4 Å². The largest absolute Gasteiger partial charge is 0.349 e. The van der Waals surface area contributed by atoms with Crippen LogP contribution in [-0.2, 0) is 16.1 Å². The van der Waals surface area contributed by atoms with Gasteiger partial charge in [-0.25, -0.2) is 0 Å². The number of rotatable bonds is 8. The second-order valence-electron chi connectivity index (χ2n) is 10.3. The molecule has 1 saturated carbocycles. The second-order valence-corrected chi connectivity index (χ2v) is 11.2. The lowest BCUT2D eigenvalue weighted by Gasteiger charge is -2.38. The molecule has 0 unspecified atom stereocenters. The lowest BCUT2D eigenvalue weighted by Crippen LogP contribution is -2.45. The van der Waals surface area contributed by atoms with Crippen LogP contribution in [-0.4, -0.2) is 47.8 Å². The third kappa shape index (κ3) is 6.28. The Morgan fingerprint density at radius 2 is 1.66 bits per heavy atom. The van der Waals surface area contributed by atoms with Crippen LogP contribution in [0.5, 0.6) is 0 Å². The number of halogens is 2. The average molecular weight is 561 g/mol. The molecule has 5 nitrogen and oxygen atoms in total. The van der Waals surface area contributed by atoms with E-state index in [1.54, 1.807) is 0 Å². The number of amides is 2. The number of piperidine rings is 1. The predicted octanol–water partition coefficient (Wildman–Crippen LogP) is 5.34. The van der Waals surface area contributed by atoms with Gasteiger partial charge in [-0.3, -0.25) is 9.59 Å². The molecule has 188 valence electrons. The second kappa shape index (κ2) is 11.4. The molecule has 3 aliphatic rings. The van der Waals surface area contributed by atoms with Crippen LogP contribution < -0.4 is 5.32 Å². The highest BCUT2D eigenvalue weighted by atomic mass is 79.9. The summed E-state index contributed by atoms with van der Waals surface area (Å²) in [7, 11) is 0. The molecule has 1 aliphatic carbocycles. The monoisotopic (exact) mass is 559 g/mol. The molecule has 1 atom stereocenters. The van der Waals surface area contributed by atoms with E-state index in [1.807, 2.05) is 30.3 Å². The van der Waals surface area contributed by atoms with E-state index in [2.05, 4.69) is 55.3 Å². The van der Waals surface area contributed by atoms with E-state index >= 15 is 0 Å². The molecule has 0 radical (unpaired) electrons. The van der Waals surface area contributed by atoms with Gasteiger partial charge in [0.05, 0.1) is 11.5 Å². The van der Waals surface area contributed by atoms with Crippen molar-refractivity contribution in [2.24, 2.45) is 11.3 Å². The SMILES string of the molecule is Cl.O=C(N[C@@H](CCN1CCC2(CC1)CCN(Cc1ccc(Br)cc1)C2=O)c1ccccc1)C1CC1. The van der Waals surface area contributed by atoms with Gasteiger partial charge in [0.2, 0.25) is 11.8 Å². The van der Waals surface area contributed by atoms with Crippen molar-refractivity contribution in [1.29, 1.82) is 0 Å². The smallest absolute Gasteiger partial charge is 0.229 e. The van der Waals surface area contributed by atoms with Gasteiger partial charge in [0.1, 0.15) is 0 Å². The molecule has 2 aromatic carbocycles. The first-order chi connectivity index (χ1) is 16.5. The fourth-order valence-electron chi connectivity index (χ4n) is 5.48. The molecule has 5 rings (SSSR count). The zero-order chi connectivity index (χ0) is 23.5. The van der Waals surface area contributed by atoms with Crippen LogP contribution in [0.4, 0.5) is 0 Å². The summed E-state index contributed by atoms with van der Waals surface area (Å²) < 4.78 is 1.06. The van der Waals surface area contributed by atoms with Gasteiger partial charge in [0.15, 0.2) is 0 Å². The standard InChI is InChI=1S/C28H34BrN3O2.ClH/c29-24-10-6-21(7-11-24)20-32-19-15-28(27(32)34)13-17-31(18-14-28)16-12-25(22-4-2-1-3-5-22)30-26(33)23-8-9-23;/h1-7,10-11,23,25H,8-9,12-20H2,(H,30,33);1H/t25-;/m0./s1. The Morgan fingerprint density at radius 1 is 1.00 bits per heavy atom. The van der Waals surface area contributed by atoms with Crippen LogP contribution in [0, 0.1) is 11.3 Å². The van der Waals surface area contributed by atoms with Crippen molar-refractivity contribution in [1.82, 2.24) is 15.1 Å². The van der Waals surface area contributed by atoms with E-state index in [0.29, 0.717) is 12.5 Å². The van der Waals surface area contributed by atoms with E-state index in [9.17, 15) is 9.59 Å². The predicted molar refractivity (Wildman–Crippen MR) is 144 cm³/mol. The van der Waals surface area contributed by atoms with Crippen molar-refractivity contribution in [3.05, 3.63) is 70.2 Å². The summed E-state index contributed by atoms with van der Waals surface area (Å²) in [5, 5.41) is 3.29. The van der Waals surface area contributed by atoms with Gasteiger partial charge >= 0.3 is 0 Å². The third-order valence-corrected chi connectivity index (χ3v) is 8.43. The van der Waals surface area contributed by atoms with Crippen molar-refractivity contribution in [3.8, 4) is 0 Å². The minimum Gasteiger partial charge on any atom is -0.349 e. The van der Waals surface area contributed by atoms with Crippen molar-refractivity contribution < 1.29 is 9.59 Å². The van der Waals surface area contributed by atoms with E-state index in [4.69, 9.17) is 0 Å². The summed E-state index contributed by atoms with van der Waals surface area (Å²) in [5.41, 5.74) is 2.19. The molecule has 2 saturated heterocycles. The summed E-state index contributed by atoms with van der Waals surface area (Å²) in [6, 6.07) is 18.7. The fourth-order valence-corrected chi connectivity index (χ4v) is 5.74. The maximum Gasteiger partial charge on any atom is 0.229 e. The van der Waals surface area contributed by atoms with Gasteiger partial charge in [-0.05, 0) is 74.9 Å². The molecule has 2 heterocycles. The van der Waals surface area contributed by atoms with Gasteiger partial charge in [-0.1, -0.05) is 58.4 Å². The molecule has 2 aliphatic heterocycles. The van der Waals surface area contributed by atoms with E-state index < -0.39 is 0 Å². The van der Waals surface area contributed by atoms with Crippen LogP contribution in [0.3, 0.4) is 0 Å². The van der Waals surface area contributed by atoms with E-state index in [0.717, 1.165) is 69.2 Å². The van der Waals surface area contributed by atoms with Crippen LogP contribution in [0.15, 0.2) is 59.1 Å². The summed E-state index contributed by atoms with van der Waals surface area (Å²) in [6.07, 6.45) is 5.79. The Kier molecular flexibility index (Phi) is 8.56. The number of hydrogen-bond acceptors (Lipinski definition) is 3. The lowest BCUT2D eigenvalue weighted by molar-refractivity contribution is -0.139. The van der Waals surface area contributed by atoms with Gasteiger partial charge < -0.3 is 15.1 Å². The van der Waals surface area contributed by atoms with Gasteiger partial charge in [0, 0.05) is 30.0 Å². The lowest BCUT2D eigenvalue weighted by atomic mass is 9.77. The van der Waals surface area contributed by atoms with Crippen LogP contribution in [0.2, 0.25) is 0 Å². The van der Waals surface area contributed by atoms with Crippen molar-refractivity contribution in [2.45, 2.75) is 51.1 Å². The average Bonchev–Trinajstić information content (AvgIpc) is 3.68. The zero-order valence-corrected chi connectivity index (χ0v) is 22.5. The minimum atomic E-state index is -0.176. The molecule has 3 fully saturated rings. The first-order valence-electron chi connectivity index (χ1n) is 12.6. The summed E-state index contributed by atoms with van der Waals surface area (Å²) in [6.45, 7) is 4.42.